The Morgan fingerprint density at radius 3 is 2.02 bits per heavy atom. The molecule has 2 amide bonds. The summed E-state index contributed by atoms with van der Waals surface area (Å²) >= 11 is 0. The van der Waals surface area contributed by atoms with Crippen molar-refractivity contribution in [3.63, 3.8) is 0 Å². The van der Waals surface area contributed by atoms with Crippen LogP contribution in [0.15, 0.2) is 109 Å². The highest BCUT2D eigenvalue weighted by molar-refractivity contribution is 7.53. The van der Waals surface area contributed by atoms with Crippen LogP contribution in [0.4, 0.5) is 0 Å². The van der Waals surface area contributed by atoms with Gasteiger partial charge in [0.25, 0.3) is 5.91 Å². The lowest BCUT2D eigenvalue weighted by Crippen LogP contribution is -2.39. The Morgan fingerprint density at radius 1 is 0.767 bits per heavy atom. The van der Waals surface area contributed by atoms with E-state index in [2.05, 4.69) is 5.32 Å². The maximum absolute atomic E-state index is 14.2. The highest BCUT2D eigenvalue weighted by atomic mass is 31.2. The fraction of sp³-hybridized carbons (Fsp3) is 0.147. The fourth-order valence-electron chi connectivity index (χ4n) is 5.27. The molecular weight excluding hydrogens is 563 g/mol. The maximum atomic E-state index is 14.2. The summed E-state index contributed by atoms with van der Waals surface area (Å²) < 4.78 is 12.9. The summed E-state index contributed by atoms with van der Waals surface area (Å²) in [6, 6.07) is 31.8. The number of amides is 2. The van der Waals surface area contributed by atoms with Crippen molar-refractivity contribution < 1.29 is 28.7 Å². The normalized spacial score (nSPS) is 12.2. The Hall–Kier alpha value is -4.62. The van der Waals surface area contributed by atoms with Crippen LogP contribution in [0.3, 0.4) is 0 Å². The van der Waals surface area contributed by atoms with E-state index in [1.54, 1.807) is 60.7 Å². The van der Waals surface area contributed by atoms with Gasteiger partial charge in [-0.05, 0) is 51.2 Å². The zero-order valence-electron chi connectivity index (χ0n) is 23.5. The van der Waals surface area contributed by atoms with Crippen molar-refractivity contribution in [2.24, 2.45) is 0 Å². The zero-order valence-corrected chi connectivity index (χ0v) is 24.4. The van der Waals surface area contributed by atoms with Gasteiger partial charge in [-0.25, -0.2) is 0 Å². The van der Waals surface area contributed by atoms with Gasteiger partial charge in [0.05, 0.1) is 12.1 Å². The second-order valence-corrected chi connectivity index (χ2v) is 12.1. The van der Waals surface area contributed by atoms with E-state index in [-0.39, 0.29) is 29.1 Å². The molecule has 5 rings (SSSR count). The molecule has 0 saturated heterocycles. The van der Waals surface area contributed by atoms with E-state index in [0.29, 0.717) is 29.1 Å². The van der Waals surface area contributed by atoms with E-state index < -0.39 is 24.9 Å². The predicted octanol–water partition coefficient (Wildman–Crippen LogP) is 5.53. The van der Waals surface area contributed by atoms with E-state index in [1.165, 1.54) is 30.1 Å². The predicted molar refractivity (Wildman–Crippen MR) is 167 cm³/mol. The van der Waals surface area contributed by atoms with Gasteiger partial charge in [0.15, 0.2) is 5.78 Å². The van der Waals surface area contributed by atoms with Crippen LogP contribution in [0.25, 0.3) is 21.5 Å². The zero-order chi connectivity index (χ0) is 30.6. The molecule has 43 heavy (non-hydrogen) atoms. The molecule has 8 nitrogen and oxygen atoms in total. The Morgan fingerprint density at radius 2 is 1.35 bits per heavy atom. The molecule has 0 bridgehead atoms. The third kappa shape index (κ3) is 6.73. The molecule has 5 aromatic carbocycles. The van der Waals surface area contributed by atoms with Crippen molar-refractivity contribution in [1.82, 2.24) is 10.2 Å². The van der Waals surface area contributed by atoms with Gasteiger partial charge in [0.1, 0.15) is 5.66 Å². The minimum atomic E-state index is -5.06. The highest BCUT2D eigenvalue weighted by Gasteiger charge is 2.40. The summed E-state index contributed by atoms with van der Waals surface area (Å²) in [5, 5.41) is 5.36. The summed E-state index contributed by atoms with van der Waals surface area (Å²) in [4.78, 5) is 62.8. The first-order chi connectivity index (χ1) is 20.6. The average molecular weight is 595 g/mol. The largest absolute Gasteiger partial charge is 0.354 e. The lowest BCUT2D eigenvalue weighted by Gasteiger charge is -2.23. The maximum Gasteiger partial charge on any atom is 0.340 e. The molecule has 218 valence electrons. The highest BCUT2D eigenvalue weighted by Crippen LogP contribution is 2.55. The van der Waals surface area contributed by atoms with Crippen molar-refractivity contribution >= 4 is 46.7 Å². The fourth-order valence-corrected chi connectivity index (χ4v) is 6.30. The molecule has 5 aromatic rings. The lowest BCUT2D eigenvalue weighted by molar-refractivity contribution is -0.121. The number of nitrogens with one attached hydrogen (secondary N) is 1. The van der Waals surface area contributed by atoms with Gasteiger partial charge in [-0.15, -0.1) is 0 Å². The molecular formula is C34H31N2O6P. The van der Waals surface area contributed by atoms with Gasteiger partial charge in [0.2, 0.25) is 5.91 Å². The van der Waals surface area contributed by atoms with Gasteiger partial charge in [-0.2, -0.15) is 0 Å². The van der Waals surface area contributed by atoms with E-state index in [1.807, 2.05) is 30.3 Å². The quantitative estimate of drug-likeness (QED) is 0.144. The molecule has 0 spiro atoms. The van der Waals surface area contributed by atoms with Crippen molar-refractivity contribution in [2.75, 3.05) is 20.1 Å². The van der Waals surface area contributed by atoms with Gasteiger partial charge < -0.3 is 20.0 Å². The third-order valence-corrected chi connectivity index (χ3v) is 8.58. The molecule has 1 atom stereocenters. The summed E-state index contributed by atoms with van der Waals surface area (Å²) in [6.45, 7) is 0.124. The SMILES string of the molecule is CN(CC(=O)NCCc1ccccc1)C(=O)c1cc2ccccc2cc1C(=O)C(c1cccc2ccccc12)P(=O)(O)O. The molecule has 0 aliphatic heterocycles. The Balaban J connectivity index is 1.47. The number of benzene rings is 5. The van der Waals surface area contributed by atoms with Gasteiger partial charge in [0, 0.05) is 19.2 Å². The molecule has 0 aromatic heterocycles. The van der Waals surface area contributed by atoms with Crippen LogP contribution < -0.4 is 5.32 Å². The molecule has 0 fully saturated rings. The minimum absolute atomic E-state index is 0.0398. The molecule has 0 aliphatic rings. The molecule has 9 heteroatoms. The van der Waals surface area contributed by atoms with Crippen molar-refractivity contribution in [1.29, 1.82) is 0 Å². The lowest BCUT2D eigenvalue weighted by atomic mass is 9.92. The summed E-state index contributed by atoms with van der Waals surface area (Å²) in [6.07, 6.45) is 0.630. The number of fused-ring (bicyclic) bond motifs is 2. The van der Waals surface area contributed by atoms with Crippen LogP contribution >= 0.6 is 7.60 Å². The Labute approximate surface area is 249 Å². The molecule has 0 heterocycles. The van der Waals surface area contributed by atoms with Crippen molar-refractivity contribution in [3.8, 4) is 0 Å². The first-order valence-electron chi connectivity index (χ1n) is 13.8. The molecule has 1 unspecified atom stereocenters. The first-order valence-corrected chi connectivity index (χ1v) is 15.5. The van der Waals surface area contributed by atoms with E-state index in [9.17, 15) is 28.7 Å². The minimum Gasteiger partial charge on any atom is -0.354 e. The van der Waals surface area contributed by atoms with Crippen LogP contribution in [-0.4, -0.2) is 52.4 Å². The number of nitrogens with zero attached hydrogens (tertiary/aromatic N) is 1. The number of carbonyl (C=O) groups is 3. The van der Waals surface area contributed by atoms with E-state index >= 15 is 0 Å². The van der Waals surface area contributed by atoms with Gasteiger partial charge >= 0.3 is 7.60 Å². The van der Waals surface area contributed by atoms with Crippen LogP contribution in [0, 0.1) is 0 Å². The summed E-state index contributed by atoms with van der Waals surface area (Å²) in [5.41, 5.74) is -0.757. The summed E-state index contributed by atoms with van der Waals surface area (Å²) in [7, 11) is -3.61. The third-order valence-electron chi connectivity index (χ3n) is 7.39. The first kappa shape index (κ1) is 29.9. The number of likely N-dealkylation sites (N-methyl/N-ethyl adjacent to an activating group) is 1. The molecule has 0 aliphatic carbocycles. The topological polar surface area (TPSA) is 124 Å². The number of hydrogen-bond donors (Lipinski definition) is 3. The molecule has 3 N–H and O–H groups in total. The smallest absolute Gasteiger partial charge is 0.340 e. The van der Waals surface area contributed by atoms with Crippen LogP contribution in [0.2, 0.25) is 0 Å². The number of Topliss-reactive ketones (excluding diaryl/α,β-unsaturated/α-hetero) is 1. The van der Waals surface area contributed by atoms with Crippen LogP contribution in [0.5, 0.6) is 0 Å². The van der Waals surface area contributed by atoms with E-state index in [0.717, 1.165) is 10.9 Å². The second-order valence-electron chi connectivity index (χ2n) is 10.4. The van der Waals surface area contributed by atoms with Crippen LogP contribution in [-0.2, 0) is 15.8 Å². The number of hydrogen-bond acceptors (Lipinski definition) is 4. The summed E-state index contributed by atoms with van der Waals surface area (Å²) in [5.74, 6) is -1.86. The van der Waals surface area contributed by atoms with Crippen LogP contribution in [0.1, 0.15) is 37.5 Å². The number of ketones is 1. The molecule has 0 radical (unpaired) electrons. The van der Waals surface area contributed by atoms with Crippen molar-refractivity contribution in [2.45, 2.75) is 12.1 Å². The van der Waals surface area contributed by atoms with Crippen molar-refractivity contribution in [3.05, 3.63) is 131 Å². The van der Waals surface area contributed by atoms with E-state index in [4.69, 9.17) is 0 Å². The monoisotopic (exact) mass is 594 g/mol. The average Bonchev–Trinajstić information content (AvgIpc) is 3.00. The Kier molecular flexibility index (Phi) is 8.83. The van der Waals surface area contributed by atoms with Gasteiger partial charge in [-0.1, -0.05) is 97.1 Å². The standard InChI is InChI=1S/C34H31N2O6P/c1-36(22-31(37)35-19-18-23-10-3-2-4-11-23)34(39)30-21-26-14-6-5-13-25(26)20-29(30)32(38)33(43(40,41)42)28-17-9-15-24-12-7-8-16-27(24)28/h2-17,20-21,33H,18-19,22H2,1H3,(H,35,37)(H2,40,41,42). The number of rotatable bonds is 10. The second kappa shape index (κ2) is 12.7. The number of carbonyl (C=O) groups excluding carboxylic acids is 3. The molecule has 0 saturated carbocycles. The van der Waals surface area contributed by atoms with Gasteiger partial charge in [-0.3, -0.25) is 18.9 Å². The Bertz CT molecular complexity index is 1860.